The second-order valence-corrected chi connectivity index (χ2v) is 8.57. The van der Waals surface area contributed by atoms with E-state index in [1.807, 2.05) is 18.2 Å². The van der Waals surface area contributed by atoms with Gasteiger partial charge in [0.05, 0.1) is 25.0 Å². The van der Waals surface area contributed by atoms with Crippen LogP contribution in [-0.4, -0.2) is 61.5 Å². The summed E-state index contributed by atoms with van der Waals surface area (Å²) < 4.78 is 46.3. The van der Waals surface area contributed by atoms with E-state index in [1.165, 1.54) is 28.8 Å². The van der Waals surface area contributed by atoms with E-state index in [2.05, 4.69) is 26.7 Å². The number of hydrogen-bond donors (Lipinski definition) is 1. The summed E-state index contributed by atoms with van der Waals surface area (Å²) in [4.78, 5) is 29.4. The SMILES string of the molecule is O=C(N[C@@H]1C[C@@H](Cn2ccnn2)N(C(=O)C(F)(F)F)C1)c1ncc(-c2cccc(C3CC3)c2)o1. The van der Waals surface area contributed by atoms with Gasteiger partial charge in [-0.05, 0) is 36.8 Å². The van der Waals surface area contributed by atoms with Crippen LogP contribution in [0.5, 0.6) is 0 Å². The first-order chi connectivity index (χ1) is 16.3. The first kappa shape index (κ1) is 22.1. The van der Waals surface area contributed by atoms with Gasteiger partial charge < -0.3 is 14.6 Å². The lowest BCUT2D eigenvalue weighted by Crippen LogP contribution is -2.46. The van der Waals surface area contributed by atoms with Crippen LogP contribution in [0.1, 0.15) is 41.4 Å². The Kier molecular flexibility index (Phi) is 5.58. The van der Waals surface area contributed by atoms with Crippen LogP contribution in [0.3, 0.4) is 0 Å². The molecular weight excluding hydrogens is 453 g/mol. The normalized spacial score (nSPS) is 20.5. The maximum Gasteiger partial charge on any atom is 0.471 e. The molecule has 0 radical (unpaired) electrons. The summed E-state index contributed by atoms with van der Waals surface area (Å²) in [6.07, 6.45) is 1.74. The summed E-state index contributed by atoms with van der Waals surface area (Å²) in [5.74, 6) is -1.82. The fourth-order valence-electron chi connectivity index (χ4n) is 4.27. The Hall–Kier alpha value is -3.70. The number of benzene rings is 1. The van der Waals surface area contributed by atoms with Crippen molar-refractivity contribution in [2.24, 2.45) is 0 Å². The molecule has 1 aliphatic carbocycles. The zero-order valence-electron chi connectivity index (χ0n) is 17.9. The van der Waals surface area contributed by atoms with Crippen LogP contribution in [0.25, 0.3) is 11.3 Å². The molecule has 0 unspecified atom stereocenters. The van der Waals surface area contributed by atoms with Crippen molar-refractivity contribution in [1.29, 1.82) is 0 Å². The van der Waals surface area contributed by atoms with Gasteiger partial charge in [-0.3, -0.25) is 14.3 Å². The molecule has 9 nitrogen and oxygen atoms in total. The van der Waals surface area contributed by atoms with E-state index in [4.69, 9.17) is 4.42 Å². The number of rotatable bonds is 6. The third-order valence-corrected chi connectivity index (χ3v) is 6.04. The molecule has 2 aliphatic rings. The van der Waals surface area contributed by atoms with Gasteiger partial charge in [0.25, 0.3) is 5.89 Å². The number of carbonyl (C=O) groups excluding carboxylic acids is 2. The van der Waals surface area contributed by atoms with Crippen LogP contribution in [0.4, 0.5) is 13.2 Å². The number of nitrogens with zero attached hydrogens (tertiary/aromatic N) is 5. The molecule has 3 heterocycles. The number of likely N-dealkylation sites (tertiary alicyclic amines) is 1. The van der Waals surface area contributed by atoms with Crippen molar-refractivity contribution in [2.45, 2.75) is 50.0 Å². The monoisotopic (exact) mass is 474 g/mol. The predicted molar refractivity (Wildman–Crippen MR) is 111 cm³/mol. The molecule has 178 valence electrons. The molecule has 2 fully saturated rings. The van der Waals surface area contributed by atoms with Crippen LogP contribution in [0.2, 0.25) is 0 Å². The van der Waals surface area contributed by atoms with E-state index < -0.39 is 30.1 Å². The highest BCUT2D eigenvalue weighted by Crippen LogP contribution is 2.41. The lowest BCUT2D eigenvalue weighted by molar-refractivity contribution is -0.186. The van der Waals surface area contributed by atoms with E-state index >= 15 is 0 Å². The molecule has 1 aromatic carbocycles. The van der Waals surface area contributed by atoms with Crippen molar-refractivity contribution >= 4 is 11.8 Å². The Bertz CT molecular complexity index is 1190. The number of amides is 2. The average molecular weight is 474 g/mol. The maximum absolute atomic E-state index is 13.1. The molecule has 2 atom stereocenters. The molecule has 12 heteroatoms. The lowest BCUT2D eigenvalue weighted by atomic mass is 10.1. The van der Waals surface area contributed by atoms with Crippen LogP contribution >= 0.6 is 0 Å². The number of nitrogens with one attached hydrogen (secondary N) is 1. The number of halogens is 3. The van der Waals surface area contributed by atoms with Gasteiger partial charge in [-0.2, -0.15) is 13.2 Å². The van der Waals surface area contributed by atoms with Crippen molar-refractivity contribution in [3.8, 4) is 11.3 Å². The van der Waals surface area contributed by atoms with Crippen LogP contribution in [0, 0.1) is 0 Å². The molecule has 1 saturated heterocycles. The van der Waals surface area contributed by atoms with E-state index in [9.17, 15) is 22.8 Å². The number of hydrogen-bond acceptors (Lipinski definition) is 6. The third kappa shape index (κ3) is 4.66. The Morgan fingerprint density at radius 3 is 2.76 bits per heavy atom. The molecule has 1 N–H and O–H groups in total. The van der Waals surface area contributed by atoms with E-state index in [0.717, 1.165) is 23.3 Å². The summed E-state index contributed by atoms with van der Waals surface area (Å²) in [6.45, 7) is -0.269. The molecule has 3 aromatic rings. The number of carbonyl (C=O) groups is 2. The highest BCUT2D eigenvalue weighted by atomic mass is 19.4. The van der Waals surface area contributed by atoms with Gasteiger partial charge in [-0.1, -0.05) is 23.4 Å². The molecule has 5 rings (SSSR count). The molecule has 1 saturated carbocycles. The molecular formula is C22H21F3N6O3. The molecule has 0 spiro atoms. The maximum atomic E-state index is 13.1. The van der Waals surface area contributed by atoms with Gasteiger partial charge >= 0.3 is 18.0 Å². The summed E-state index contributed by atoms with van der Waals surface area (Å²) in [5.41, 5.74) is 2.00. The minimum atomic E-state index is -5.02. The van der Waals surface area contributed by atoms with Gasteiger partial charge in [0.15, 0.2) is 5.76 Å². The molecule has 0 bridgehead atoms. The van der Waals surface area contributed by atoms with Gasteiger partial charge in [-0.15, -0.1) is 5.10 Å². The number of aromatic nitrogens is 4. The summed E-state index contributed by atoms with van der Waals surface area (Å²) in [7, 11) is 0. The van der Waals surface area contributed by atoms with Gasteiger partial charge in [0.2, 0.25) is 0 Å². The Morgan fingerprint density at radius 2 is 2.06 bits per heavy atom. The minimum Gasteiger partial charge on any atom is -0.432 e. The lowest BCUT2D eigenvalue weighted by Gasteiger charge is -2.25. The Morgan fingerprint density at radius 1 is 1.24 bits per heavy atom. The van der Waals surface area contributed by atoms with Crippen LogP contribution in [0.15, 0.2) is 47.3 Å². The highest BCUT2D eigenvalue weighted by Gasteiger charge is 2.48. The second kappa shape index (κ2) is 8.58. The fourth-order valence-corrected chi connectivity index (χ4v) is 4.27. The van der Waals surface area contributed by atoms with Crippen molar-refractivity contribution in [2.75, 3.05) is 6.54 Å². The Balaban J connectivity index is 1.28. The van der Waals surface area contributed by atoms with Gasteiger partial charge in [0.1, 0.15) is 0 Å². The Labute approximate surface area is 191 Å². The van der Waals surface area contributed by atoms with Crippen molar-refractivity contribution in [3.63, 3.8) is 0 Å². The average Bonchev–Trinajstić information content (AvgIpc) is 3.17. The van der Waals surface area contributed by atoms with Gasteiger partial charge in [0, 0.05) is 24.3 Å². The highest BCUT2D eigenvalue weighted by molar-refractivity contribution is 5.90. The zero-order valence-corrected chi connectivity index (χ0v) is 17.9. The smallest absolute Gasteiger partial charge is 0.432 e. The molecule has 1 aliphatic heterocycles. The third-order valence-electron chi connectivity index (χ3n) is 6.04. The molecule has 2 amide bonds. The van der Waals surface area contributed by atoms with E-state index in [-0.39, 0.29) is 25.4 Å². The fraction of sp³-hybridized carbons (Fsp3) is 0.409. The quantitative estimate of drug-likeness (QED) is 0.589. The number of alkyl halides is 3. The summed E-state index contributed by atoms with van der Waals surface area (Å²) in [5, 5.41) is 10.0. The predicted octanol–water partition coefficient (Wildman–Crippen LogP) is 2.77. The number of oxazole rings is 1. The van der Waals surface area contributed by atoms with E-state index in [0.29, 0.717) is 11.7 Å². The second-order valence-electron chi connectivity index (χ2n) is 8.57. The topological polar surface area (TPSA) is 106 Å². The van der Waals surface area contributed by atoms with Gasteiger partial charge in [-0.25, -0.2) is 4.98 Å². The van der Waals surface area contributed by atoms with Crippen molar-refractivity contribution in [3.05, 3.63) is 54.3 Å². The molecule has 34 heavy (non-hydrogen) atoms. The zero-order chi connectivity index (χ0) is 23.9. The minimum absolute atomic E-state index is 0.0225. The first-order valence-corrected chi connectivity index (χ1v) is 10.9. The molecule has 2 aromatic heterocycles. The summed E-state index contributed by atoms with van der Waals surface area (Å²) in [6, 6.07) is 6.32. The first-order valence-electron chi connectivity index (χ1n) is 10.9. The van der Waals surface area contributed by atoms with E-state index in [1.54, 1.807) is 0 Å². The summed E-state index contributed by atoms with van der Waals surface area (Å²) >= 11 is 0. The van der Waals surface area contributed by atoms with Crippen LogP contribution < -0.4 is 5.32 Å². The van der Waals surface area contributed by atoms with Crippen LogP contribution in [-0.2, 0) is 11.3 Å². The largest absolute Gasteiger partial charge is 0.471 e. The standard InChI is InChI=1S/C22H21F3N6O3/c23-22(24,25)21(33)31-11-16(9-17(31)12-30-7-6-27-29-30)28-19(32)20-26-10-18(34-20)15-3-1-2-14(8-15)13-4-5-13/h1-3,6-8,10,13,16-17H,4-5,9,11-12H2,(H,28,32)/t16-,17+/m1/s1. The van der Waals surface area contributed by atoms with Crippen molar-refractivity contribution in [1.82, 2.24) is 30.2 Å². The van der Waals surface area contributed by atoms with Crippen molar-refractivity contribution < 1.29 is 27.2 Å².